The van der Waals surface area contributed by atoms with Crippen LogP contribution in [0.4, 0.5) is 10.5 Å². The number of rotatable bonds is 6. The molecular weight excluding hydrogens is 374 g/mol. The molecule has 0 aliphatic carbocycles. The molecule has 1 aliphatic heterocycles. The van der Waals surface area contributed by atoms with E-state index in [9.17, 15) is 19.2 Å². The number of carboxylic acid groups (broad SMARTS) is 1. The summed E-state index contributed by atoms with van der Waals surface area (Å²) < 4.78 is 0. The van der Waals surface area contributed by atoms with Crippen molar-refractivity contribution in [2.24, 2.45) is 5.92 Å². The quantitative estimate of drug-likeness (QED) is 0.650. The van der Waals surface area contributed by atoms with Crippen LogP contribution >= 0.6 is 0 Å². The van der Waals surface area contributed by atoms with Crippen molar-refractivity contribution in [2.45, 2.75) is 13.5 Å². The fourth-order valence-corrected chi connectivity index (χ4v) is 2.98. The van der Waals surface area contributed by atoms with Crippen LogP contribution in [0.25, 0.3) is 0 Å². The molecule has 1 atom stereocenters. The topological polar surface area (TPSA) is 116 Å². The molecule has 0 spiro atoms. The highest BCUT2D eigenvalue weighted by molar-refractivity contribution is 6.18. The van der Waals surface area contributed by atoms with Crippen molar-refractivity contribution in [3.05, 3.63) is 77.5 Å². The fraction of sp³-hybridized carbons (Fsp3) is 0.143. The van der Waals surface area contributed by atoms with Crippen LogP contribution in [0.3, 0.4) is 0 Å². The molecule has 148 valence electrons. The number of hydrogen-bond donors (Lipinski definition) is 3. The smallest absolute Gasteiger partial charge is 0.335 e. The number of nitrogens with one attached hydrogen (secondary N) is 2. The van der Waals surface area contributed by atoms with Gasteiger partial charge in [0.1, 0.15) is 0 Å². The number of carbonyl (C=O) groups is 4. The van der Waals surface area contributed by atoms with Gasteiger partial charge in [-0.2, -0.15) is 0 Å². The van der Waals surface area contributed by atoms with Gasteiger partial charge in [-0.05, 0) is 36.8 Å². The first kappa shape index (κ1) is 19.8. The lowest BCUT2D eigenvalue weighted by molar-refractivity contribution is -0.141. The van der Waals surface area contributed by atoms with E-state index in [4.69, 9.17) is 5.11 Å². The van der Waals surface area contributed by atoms with Gasteiger partial charge in [0.15, 0.2) is 5.92 Å². The Morgan fingerprint density at radius 3 is 2.34 bits per heavy atom. The Labute approximate surface area is 166 Å². The van der Waals surface area contributed by atoms with E-state index < -0.39 is 29.7 Å². The Morgan fingerprint density at radius 1 is 1.10 bits per heavy atom. The van der Waals surface area contributed by atoms with Gasteiger partial charge in [0, 0.05) is 11.4 Å². The van der Waals surface area contributed by atoms with Crippen LogP contribution in [0.1, 0.15) is 22.8 Å². The van der Waals surface area contributed by atoms with Crippen molar-refractivity contribution >= 4 is 29.5 Å². The third-order valence-corrected chi connectivity index (χ3v) is 4.48. The monoisotopic (exact) mass is 393 g/mol. The molecule has 4 amide bonds. The normalized spacial score (nSPS) is 17.1. The van der Waals surface area contributed by atoms with Crippen LogP contribution in [0, 0.1) is 5.92 Å². The number of aromatic carboxylic acids is 1. The number of hydrogen-bond acceptors (Lipinski definition) is 5. The molecule has 0 saturated carbocycles. The third-order valence-electron chi connectivity index (χ3n) is 4.48. The van der Waals surface area contributed by atoms with Gasteiger partial charge in [0.2, 0.25) is 11.8 Å². The molecule has 3 N–H and O–H groups in total. The molecule has 3 rings (SSSR count). The zero-order chi connectivity index (χ0) is 21.0. The molecule has 29 heavy (non-hydrogen) atoms. The molecule has 1 aliphatic rings. The molecule has 1 heterocycles. The van der Waals surface area contributed by atoms with Crippen molar-refractivity contribution in [1.29, 1.82) is 0 Å². The maximum absolute atomic E-state index is 13.0. The average molecular weight is 393 g/mol. The highest BCUT2D eigenvalue weighted by atomic mass is 16.4. The number of allylic oxidation sites excluding steroid dienone is 1. The lowest BCUT2D eigenvalue weighted by atomic mass is 9.99. The van der Waals surface area contributed by atoms with E-state index in [2.05, 4.69) is 10.6 Å². The van der Waals surface area contributed by atoms with Crippen LogP contribution < -0.4 is 10.6 Å². The Hall–Kier alpha value is -3.94. The summed E-state index contributed by atoms with van der Waals surface area (Å²) in [5.41, 5.74) is 1.67. The van der Waals surface area contributed by atoms with Crippen molar-refractivity contribution < 1.29 is 24.3 Å². The van der Waals surface area contributed by atoms with E-state index in [1.165, 1.54) is 24.3 Å². The summed E-state index contributed by atoms with van der Waals surface area (Å²) in [4.78, 5) is 49.6. The number of urea groups is 1. The molecule has 0 aromatic heterocycles. The zero-order valence-corrected chi connectivity index (χ0v) is 15.6. The number of anilines is 1. The Morgan fingerprint density at radius 2 is 1.76 bits per heavy atom. The van der Waals surface area contributed by atoms with Crippen LogP contribution in [0.5, 0.6) is 0 Å². The summed E-state index contributed by atoms with van der Waals surface area (Å²) in [6.45, 7) is 1.70. The van der Waals surface area contributed by atoms with E-state index in [-0.39, 0.29) is 12.1 Å². The Kier molecular flexibility index (Phi) is 5.73. The number of imide groups is 2. The average Bonchev–Trinajstić information content (AvgIpc) is 2.71. The predicted molar refractivity (Wildman–Crippen MR) is 105 cm³/mol. The molecular formula is C21H19N3O5. The van der Waals surface area contributed by atoms with Crippen LogP contribution in [0.15, 0.2) is 66.4 Å². The van der Waals surface area contributed by atoms with Gasteiger partial charge in [-0.1, -0.05) is 36.4 Å². The molecule has 8 nitrogen and oxygen atoms in total. The van der Waals surface area contributed by atoms with Gasteiger partial charge in [-0.15, -0.1) is 0 Å². The van der Waals surface area contributed by atoms with Crippen LogP contribution in [-0.2, 0) is 16.1 Å². The summed E-state index contributed by atoms with van der Waals surface area (Å²) in [6, 6.07) is 14.1. The summed E-state index contributed by atoms with van der Waals surface area (Å²) in [6.07, 6.45) is 1.57. The highest BCUT2D eigenvalue weighted by Crippen LogP contribution is 2.23. The van der Waals surface area contributed by atoms with Crippen LogP contribution in [-0.4, -0.2) is 33.8 Å². The van der Waals surface area contributed by atoms with E-state index >= 15 is 0 Å². The molecule has 0 unspecified atom stereocenters. The molecule has 8 heteroatoms. The SMILES string of the molecule is C/C=C(/Nc1ccc(C(=O)O)cc1)[C@H]1C(=O)NC(=O)N(Cc2ccccc2)C1=O. The minimum atomic E-state index is -1.22. The van der Waals surface area contributed by atoms with Gasteiger partial charge in [-0.3, -0.25) is 19.8 Å². The van der Waals surface area contributed by atoms with Gasteiger partial charge < -0.3 is 10.4 Å². The number of amides is 4. The number of carboxylic acids is 1. The summed E-state index contributed by atoms with van der Waals surface area (Å²) in [5, 5.41) is 14.2. The van der Waals surface area contributed by atoms with Gasteiger partial charge in [-0.25, -0.2) is 9.59 Å². The lowest BCUT2D eigenvalue weighted by Crippen LogP contribution is -2.58. The molecule has 2 aromatic rings. The second-order valence-corrected chi connectivity index (χ2v) is 6.39. The Bertz CT molecular complexity index is 983. The van der Waals surface area contributed by atoms with E-state index in [0.717, 1.165) is 10.5 Å². The first-order valence-electron chi connectivity index (χ1n) is 8.87. The van der Waals surface area contributed by atoms with Crippen molar-refractivity contribution in [2.75, 3.05) is 5.32 Å². The lowest BCUT2D eigenvalue weighted by Gasteiger charge is -2.31. The molecule has 2 aromatic carbocycles. The first-order valence-corrected chi connectivity index (χ1v) is 8.87. The van der Waals surface area contributed by atoms with E-state index in [0.29, 0.717) is 11.4 Å². The standard InChI is InChI=1S/C21H19N3O5/c1-2-16(22-15-10-8-14(9-11-15)20(27)28)17-18(25)23-21(29)24(19(17)26)12-13-6-4-3-5-7-13/h2-11,17,22H,12H2,1H3,(H,27,28)(H,23,25,29)/b16-2+/t17-/m0/s1. The van der Waals surface area contributed by atoms with Gasteiger partial charge >= 0.3 is 12.0 Å². The minimum Gasteiger partial charge on any atom is -0.478 e. The summed E-state index contributed by atoms with van der Waals surface area (Å²) in [5.74, 6) is -3.63. The first-order chi connectivity index (χ1) is 13.9. The number of carbonyl (C=O) groups excluding carboxylic acids is 3. The number of nitrogens with zero attached hydrogens (tertiary/aromatic N) is 1. The summed E-state index contributed by atoms with van der Waals surface area (Å²) in [7, 11) is 0. The second kappa shape index (κ2) is 8.39. The molecule has 1 saturated heterocycles. The van der Waals surface area contributed by atoms with E-state index in [1.54, 1.807) is 37.3 Å². The summed E-state index contributed by atoms with van der Waals surface area (Å²) >= 11 is 0. The Balaban J connectivity index is 1.82. The third kappa shape index (κ3) is 4.32. The van der Waals surface area contributed by atoms with Crippen molar-refractivity contribution in [3.8, 4) is 0 Å². The largest absolute Gasteiger partial charge is 0.478 e. The maximum atomic E-state index is 13.0. The second-order valence-electron chi connectivity index (χ2n) is 6.39. The van der Waals surface area contributed by atoms with Gasteiger partial charge in [0.05, 0.1) is 12.1 Å². The molecule has 0 bridgehead atoms. The maximum Gasteiger partial charge on any atom is 0.335 e. The number of benzene rings is 2. The van der Waals surface area contributed by atoms with Gasteiger partial charge in [0.25, 0.3) is 0 Å². The van der Waals surface area contributed by atoms with Crippen molar-refractivity contribution in [1.82, 2.24) is 10.2 Å². The molecule has 1 fully saturated rings. The predicted octanol–water partition coefficient (Wildman–Crippen LogP) is 2.60. The molecule has 0 radical (unpaired) electrons. The van der Waals surface area contributed by atoms with Crippen LogP contribution in [0.2, 0.25) is 0 Å². The van der Waals surface area contributed by atoms with Crippen molar-refractivity contribution in [3.63, 3.8) is 0 Å². The zero-order valence-electron chi connectivity index (χ0n) is 15.6. The van der Waals surface area contributed by atoms with E-state index in [1.807, 2.05) is 6.07 Å². The number of barbiturate groups is 1. The fourth-order valence-electron chi connectivity index (χ4n) is 2.98. The highest BCUT2D eigenvalue weighted by Gasteiger charge is 2.42. The minimum absolute atomic E-state index is 0.0413.